The molecule has 0 atom stereocenters. The summed E-state index contributed by atoms with van der Waals surface area (Å²) in [6.45, 7) is 6.62. The second kappa shape index (κ2) is 25.3. The first kappa shape index (κ1) is 26.3. The van der Waals surface area contributed by atoms with Crippen LogP contribution in [0.3, 0.4) is 0 Å². The van der Waals surface area contributed by atoms with Gasteiger partial charge in [0.25, 0.3) is 0 Å². The smallest absolute Gasteiger partial charge is 0.0385 e. The molecule has 0 bridgehead atoms. The van der Waals surface area contributed by atoms with Crippen LogP contribution in [0.25, 0.3) is 0 Å². The van der Waals surface area contributed by atoms with Gasteiger partial charge in [-0.1, -0.05) is 104 Å². The molecule has 0 aromatic heterocycles. The molecule has 0 rings (SSSR count). The van der Waals surface area contributed by atoms with Gasteiger partial charge in [-0.25, -0.2) is 0 Å². The summed E-state index contributed by atoms with van der Waals surface area (Å²) < 4.78 is 0. The highest BCUT2D eigenvalue weighted by Crippen LogP contribution is 2.09. The summed E-state index contributed by atoms with van der Waals surface area (Å²) in [5.41, 5.74) is 0. The molecular formula is C25H50N2. The van der Waals surface area contributed by atoms with Crippen LogP contribution in [0.5, 0.6) is 0 Å². The van der Waals surface area contributed by atoms with Crippen molar-refractivity contribution in [2.75, 3.05) is 13.1 Å². The minimum atomic E-state index is 1.03. The van der Waals surface area contributed by atoms with Crippen molar-refractivity contribution in [2.24, 2.45) is 9.98 Å². The number of nitrogens with zero attached hydrogens (tertiary/aromatic N) is 2. The van der Waals surface area contributed by atoms with Gasteiger partial charge in [0.1, 0.15) is 0 Å². The molecule has 0 saturated carbocycles. The maximum atomic E-state index is 4.54. The Labute approximate surface area is 171 Å². The molecular weight excluding hydrogens is 328 g/mol. The van der Waals surface area contributed by atoms with E-state index in [4.69, 9.17) is 0 Å². The molecule has 0 saturated heterocycles. The van der Waals surface area contributed by atoms with E-state index in [0.717, 1.165) is 25.9 Å². The number of hydrogen-bond donors (Lipinski definition) is 0. The van der Waals surface area contributed by atoms with E-state index in [9.17, 15) is 0 Å². The van der Waals surface area contributed by atoms with Crippen molar-refractivity contribution in [1.82, 2.24) is 0 Å². The zero-order valence-electron chi connectivity index (χ0n) is 18.9. The van der Waals surface area contributed by atoms with E-state index in [2.05, 4.69) is 36.3 Å². The van der Waals surface area contributed by atoms with Crippen LogP contribution in [0.1, 0.15) is 136 Å². The molecule has 0 aliphatic rings. The van der Waals surface area contributed by atoms with E-state index in [0.29, 0.717) is 0 Å². The zero-order chi connectivity index (χ0) is 19.7. The van der Waals surface area contributed by atoms with E-state index >= 15 is 0 Å². The Balaban J connectivity index is 3.14. The monoisotopic (exact) mass is 378 g/mol. The first-order valence-electron chi connectivity index (χ1n) is 12.4. The van der Waals surface area contributed by atoms with Crippen LogP contribution in [0, 0.1) is 0 Å². The number of aliphatic imine (C=N–C) groups is 2. The van der Waals surface area contributed by atoms with Crippen molar-refractivity contribution in [3.63, 3.8) is 0 Å². The third-order valence-electron chi connectivity index (χ3n) is 5.21. The highest BCUT2D eigenvalue weighted by Gasteiger charge is 1.92. The fraction of sp³-hybridized carbons (Fsp3) is 0.920. The number of hydrogen-bond acceptors (Lipinski definition) is 2. The minimum Gasteiger partial charge on any atom is -0.298 e. The van der Waals surface area contributed by atoms with Crippen LogP contribution in [0.15, 0.2) is 9.98 Å². The van der Waals surface area contributed by atoms with Crippen molar-refractivity contribution < 1.29 is 0 Å². The Kier molecular flexibility index (Phi) is 24.7. The van der Waals surface area contributed by atoms with Gasteiger partial charge in [-0.15, -0.1) is 0 Å². The Morgan fingerprint density at radius 2 is 0.741 bits per heavy atom. The van der Waals surface area contributed by atoms with Crippen molar-refractivity contribution >= 4 is 12.4 Å². The van der Waals surface area contributed by atoms with Crippen LogP contribution >= 0.6 is 0 Å². The third kappa shape index (κ3) is 25.3. The maximum absolute atomic E-state index is 4.54. The second-order valence-electron chi connectivity index (χ2n) is 8.06. The molecule has 0 aliphatic carbocycles. The minimum absolute atomic E-state index is 1.03. The molecule has 0 heterocycles. The normalized spacial score (nSPS) is 11.9. The fourth-order valence-electron chi connectivity index (χ4n) is 3.34. The third-order valence-corrected chi connectivity index (χ3v) is 5.21. The number of rotatable bonds is 22. The molecule has 0 N–H and O–H groups in total. The lowest BCUT2D eigenvalue weighted by molar-refractivity contribution is 0.578. The molecule has 0 spiro atoms. The molecule has 2 heteroatoms. The summed E-state index contributed by atoms with van der Waals surface area (Å²) in [6, 6.07) is 0. The molecule has 160 valence electrons. The van der Waals surface area contributed by atoms with Crippen molar-refractivity contribution in [3.05, 3.63) is 0 Å². The van der Waals surface area contributed by atoms with Gasteiger partial charge in [-0.05, 0) is 44.5 Å². The second-order valence-corrected chi connectivity index (χ2v) is 8.06. The molecule has 0 radical (unpaired) electrons. The predicted molar refractivity (Wildman–Crippen MR) is 126 cm³/mol. The quantitative estimate of drug-likeness (QED) is 0.133. The fourth-order valence-corrected chi connectivity index (χ4v) is 3.34. The molecule has 2 nitrogen and oxygen atoms in total. The molecule has 0 aliphatic heterocycles. The standard InChI is InChI=1S/C25H50N2/c1-3-5-7-9-11-13-15-18-22-26-24-20-17-21-25-27-23-19-16-14-12-10-8-6-4-2/h24-25H,3-23H2,1-2H3/b26-24-,27-25+. The first-order chi connectivity index (χ1) is 13.4. The topological polar surface area (TPSA) is 24.7 Å². The molecule has 27 heavy (non-hydrogen) atoms. The average molecular weight is 379 g/mol. The van der Waals surface area contributed by atoms with Crippen molar-refractivity contribution in [3.8, 4) is 0 Å². The van der Waals surface area contributed by atoms with Crippen LogP contribution in [-0.4, -0.2) is 25.5 Å². The highest BCUT2D eigenvalue weighted by atomic mass is 14.7. The van der Waals surface area contributed by atoms with Gasteiger partial charge in [0.05, 0.1) is 0 Å². The van der Waals surface area contributed by atoms with Gasteiger partial charge in [0.15, 0.2) is 0 Å². The summed E-state index contributed by atoms with van der Waals surface area (Å²) in [6.07, 6.45) is 29.8. The van der Waals surface area contributed by atoms with E-state index in [1.807, 2.05) is 0 Å². The Bertz CT molecular complexity index is 279. The van der Waals surface area contributed by atoms with Gasteiger partial charge in [0.2, 0.25) is 0 Å². The van der Waals surface area contributed by atoms with Crippen molar-refractivity contribution in [2.45, 2.75) is 136 Å². The summed E-state index contributed by atoms with van der Waals surface area (Å²) in [7, 11) is 0. The van der Waals surface area contributed by atoms with E-state index in [1.165, 1.54) is 109 Å². The maximum Gasteiger partial charge on any atom is 0.0385 e. The summed E-state index contributed by atoms with van der Waals surface area (Å²) in [5, 5.41) is 0. The van der Waals surface area contributed by atoms with Gasteiger partial charge in [0, 0.05) is 13.1 Å². The average Bonchev–Trinajstić information content (AvgIpc) is 2.68. The Morgan fingerprint density at radius 1 is 0.407 bits per heavy atom. The summed E-state index contributed by atoms with van der Waals surface area (Å²) in [5.74, 6) is 0. The lowest BCUT2D eigenvalue weighted by Crippen LogP contribution is -1.87. The van der Waals surface area contributed by atoms with Crippen LogP contribution in [0.2, 0.25) is 0 Å². The van der Waals surface area contributed by atoms with Gasteiger partial charge >= 0.3 is 0 Å². The first-order valence-corrected chi connectivity index (χ1v) is 12.4. The molecule has 0 fully saturated rings. The van der Waals surface area contributed by atoms with Gasteiger partial charge in [-0.3, -0.25) is 9.98 Å². The highest BCUT2D eigenvalue weighted by molar-refractivity contribution is 5.60. The van der Waals surface area contributed by atoms with Crippen LogP contribution in [0.4, 0.5) is 0 Å². The predicted octanol–water partition coefficient (Wildman–Crippen LogP) is 8.58. The molecule has 0 aromatic rings. The van der Waals surface area contributed by atoms with E-state index in [-0.39, 0.29) is 0 Å². The van der Waals surface area contributed by atoms with Crippen LogP contribution in [-0.2, 0) is 0 Å². The molecule has 0 amide bonds. The lowest BCUT2D eigenvalue weighted by Gasteiger charge is -2.00. The summed E-state index contributed by atoms with van der Waals surface area (Å²) >= 11 is 0. The Hall–Kier alpha value is -0.660. The SMILES string of the molecule is CCCCCCCCCC/N=C\CCC/C=N/CCCCCCCCCC. The van der Waals surface area contributed by atoms with E-state index < -0.39 is 0 Å². The largest absolute Gasteiger partial charge is 0.298 e. The van der Waals surface area contributed by atoms with E-state index in [1.54, 1.807) is 0 Å². The van der Waals surface area contributed by atoms with Crippen molar-refractivity contribution in [1.29, 1.82) is 0 Å². The van der Waals surface area contributed by atoms with Crippen LogP contribution < -0.4 is 0 Å². The number of unbranched alkanes of at least 4 members (excludes halogenated alkanes) is 16. The zero-order valence-corrected chi connectivity index (χ0v) is 18.9. The van der Waals surface area contributed by atoms with Gasteiger partial charge in [-0.2, -0.15) is 0 Å². The molecule has 0 unspecified atom stereocenters. The Morgan fingerprint density at radius 3 is 1.11 bits per heavy atom. The summed E-state index contributed by atoms with van der Waals surface area (Å²) in [4.78, 5) is 9.09. The lowest BCUT2D eigenvalue weighted by atomic mass is 10.1. The van der Waals surface area contributed by atoms with Gasteiger partial charge < -0.3 is 0 Å². The molecule has 0 aromatic carbocycles.